The van der Waals surface area contributed by atoms with Crippen LogP contribution in [0.4, 0.5) is 0 Å². The van der Waals surface area contributed by atoms with Crippen LogP contribution in [0.25, 0.3) is 6.08 Å². The number of ether oxygens (including phenoxy) is 4. The number of aliphatic imine (C=N–C) groups is 1. The molecule has 0 bridgehead atoms. The standard InChI is InChI=1S/C25H25N3O6/c1-16-13-23-27-25(29)18(24(26)28(23)34-16)14-17-9-10-21(22(15-17)31-3)33-12-6-11-32-20-8-5-4-7-19(20)30-2/h4-5,7-10,13-15,26H,6,11-12H2,1-3H3/b18-14-,26-24?. The SMILES string of the molecule is COc1ccccc1OCCCOc1ccc(/C=C2/C(=N)N3OC(C)=CC3=NC2=O)cc1OC. The summed E-state index contributed by atoms with van der Waals surface area (Å²) in [5.41, 5.74) is 0.787. The van der Waals surface area contributed by atoms with Crippen LogP contribution in [-0.4, -0.2) is 50.1 Å². The van der Waals surface area contributed by atoms with E-state index in [0.717, 1.165) is 0 Å². The number of hydrogen-bond donors (Lipinski definition) is 1. The number of hydrogen-bond acceptors (Lipinski definition) is 7. The van der Waals surface area contributed by atoms with Gasteiger partial charge in [0, 0.05) is 12.5 Å². The number of hydroxylamine groups is 2. The van der Waals surface area contributed by atoms with E-state index in [1.807, 2.05) is 24.3 Å². The molecule has 2 aromatic rings. The van der Waals surface area contributed by atoms with Crippen LogP contribution in [-0.2, 0) is 9.63 Å². The number of carbonyl (C=O) groups excluding carboxylic acids is 1. The maximum atomic E-state index is 12.4. The highest BCUT2D eigenvalue weighted by molar-refractivity contribution is 6.32. The largest absolute Gasteiger partial charge is 0.493 e. The van der Waals surface area contributed by atoms with Crippen molar-refractivity contribution < 1.29 is 28.6 Å². The van der Waals surface area contributed by atoms with Gasteiger partial charge in [-0.25, -0.2) is 0 Å². The molecule has 2 heterocycles. The van der Waals surface area contributed by atoms with Crippen LogP contribution in [0.2, 0.25) is 0 Å². The third kappa shape index (κ3) is 4.88. The highest BCUT2D eigenvalue weighted by atomic mass is 16.7. The van der Waals surface area contributed by atoms with Crippen molar-refractivity contribution in [2.45, 2.75) is 13.3 Å². The first kappa shape index (κ1) is 22.9. The Labute approximate surface area is 197 Å². The molecular weight excluding hydrogens is 438 g/mol. The minimum atomic E-state index is -0.500. The van der Waals surface area contributed by atoms with Crippen LogP contribution in [0, 0.1) is 5.41 Å². The lowest BCUT2D eigenvalue weighted by molar-refractivity contribution is -0.114. The number of amides is 1. The molecule has 9 nitrogen and oxygen atoms in total. The fraction of sp³-hybridized carbons (Fsp3) is 0.240. The Balaban J connectivity index is 1.37. The molecule has 176 valence electrons. The molecule has 0 aliphatic carbocycles. The van der Waals surface area contributed by atoms with Crippen LogP contribution in [0.15, 0.2) is 64.9 Å². The fourth-order valence-corrected chi connectivity index (χ4v) is 3.42. The molecule has 34 heavy (non-hydrogen) atoms. The van der Waals surface area contributed by atoms with Gasteiger partial charge in [-0.15, -0.1) is 5.06 Å². The Kier molecular flexibility index (Phi) is 6.82. The van der Waals surface area contributed by atoms with E-state index in [-0.39, 0.29) is 11.4 Å². The maximum Gasteiger partial charge on any atom is 0.282 e. The summed E-state index contributed by atoms with van der Waals surface area (Å²) in [4.78, 5) is 21.9. The summed E-state index contributed by atoms with van der Waals surface area (Å²) in [5, 5.41) is 9.55. The van der Waals surface area contributed by atoms with E-state index >= 15 is 0 Å². The molecule has 1 N–H and O–H groups in total. The van der Waals surface area contributed by atoms with Gasteiger partial charge < -0.3 is 23.8 Å². The van der Waals surface area contributed by atoms with Gasteiger partial charge in [0.05, 0.1) is 33.0 Å². The summed E-state index contributed by atoms with van der Waals surface area (Å²) in [5.74, 6) is 2.74. The predicted octanol–water partition coefficient (Wildman–Crippen LogP) is 4.00. The molecular formula is C25H25N3O6. The molecule has 2 aromatic carbocycles. The second-order valence-electron chi connectivity index (χ2n) is 7.43. The van der Waals surface area contributed by atoms with Crippen LogP contribution < -0.4 is 18.9 Å². The number of rotatable bonds is 9. The van der Waals surface area contributed by atoms with E-state index in [9.17, 15) is 4.79 Å². The lowest BCUT2D eigenvalue weighted by Crippen LogP contribution is -2.38. The Morgan fingerprint density at radius 2 is 1.68 bits per heavy atom. The first-order valence-corrected chi connectivity index (χ1v) is 10.7. The first-order chi connectivity index (χ1) is 16.5. The molecule has 0 atom stereocenters. The highest BCUT2D eigenvalue weighted by Crippen LogP contribution is 2.31. The summed E-state index contributed by atoms with van der Waals surface area (Å²) in [6.45, 7) is 2.62. The summed E-state index contributed by atoms with van der Waals surface area (Å²) in [7, 11) is 3.15. The molecule has 0 saturated heterocycles. The molecule has 1 amide bonds. The fourth-order valence-electron chi connectivity index (χ4n) is 3.42. The minimum absolute atomic E-state index is 0.0718. The summed E-state index contributed by atoms with van der Waals surface area (Å²) in [6.07, 6.45) is 3.84. The average molecular weight is 463 g/mol. The van der Waals surface area contributed by atoms with Gasteiger partial charge in [0.1, 0.15) is 5.76 Å². The molecule has 0 radical (unpaired) electrons. The number of carbonyl (C=O) groups is 1. The number of para-hydroxylation sites is 2. The van der Waals surface area contributed by atoms with Gasteiger partial charge in [0.15, 0.2) is 34.7 Å². The third-order valence-corrected chi connectivity index (χ3v) is 5.05. The molecule has 9 heteroatoms. The molecule has 0 aromatic heterocycles. The van der Waals surface area contributed by atoms with E-state index < -0.39 is 5.91 Å². The van der Waals surface area contributed by atoms with Gasteiger partial charge in [-0.3, -0.25) is 10.2 Å². The molecule has 2 aliphatic heterocycles. The Morgan fingerprint density at radius 3 is 2.38 bits per heavy atom. The normalized spacial score (nSPS) is 16.0. The lowest BCUT2D eigenvalue weighted by Gasteiger charge is -2.23. The minimum Gasteiger partial charge on any atom is -0.493 e. The van der Waals surface area contributed by atoms with E-state index in [1.54, 1.807) is 51.5 Å². The molecule has 0 spiro atoms. The van der Waals surface area contributed by atoms with Crippen LogP contribution >= 0.6 is 0 Å². The second-order valence-corrected chi connectivity index (χ2v) is 7.43. The summed E-state index contributed by atoms with van der Waals surface area (Å²) < 4.78 is 22.3. The Bertz CT molecular complexity index is 1200. The van der Waals surface area contributed by atoms with Crippen LogP contribution in [0.5, 0.6) is 23.0 Å². The molecule has 0 saturated carbocycles. The highest BCUT2D eigenvalue weighted by Gasteiger charge is 2.34. The van der Waals surface area contributed by atoms with Gasteiger partial charge >= 0.3 is 0 Å². The van der Waals surface area contributed by atoms with E-state index in [1.165, 1.54) is 5.06 Å². The predicted molar refractivity (Wildman–Crippen MR) is 126 cm³/mol. The number of allylic oxidation sites excluding steroid dienone is 1. The van der Waals surface area contributed by atoms with E-state index in [0.29, 0.717) is 59.8 Å². The number of nitrogens with zero attached hydrogens (tertiary/aromatic N) is 2. The van der Waals surface area contributed by atoms with Gasteiger partial charge in [-0.1, -0.05) is 18.2 Å². The average Bonchev–Trinajstić information content (AvgIpc) is 3.22. The van der Waals surface area contributed by atoms with Crippen molar-refractivity contribution >= 4 is 23.7 Å². The lowest BCUT2D eigenvalue weighted by atomic mass is 10.1. The summed E-state index contributed by atoms with van der Waals surface area (Å²) in [6, 6.07) is 12.8. The van der Waals surface area contributed by atoms with Gasteiger partial charge in [-0.05, 0) is 42.8 Å². The zero-order chi connectivity index (χ0) is 24.1. The van der Waals surface area contributed by atoms with Gasteiger partial charge in [-0.2, -0.15) is 4.99 Å². The zero-order valence-electron chi connectivity index (χ0n) is 19.2. The topological polar surface area (TPSA) is 103 Å². The summed E-state index contributed by atoms with van der Waals surface area (Å²) >= 11 is 0. The van der Waals surface area contributed by atoms with Crippen molar-refractivity contribution in [1.29, 1.82) is 5.41 Å². The number of methoxy groups -OCH3 is 2. The van der Waals surface area contributed by atoms with Crippen LogP contribution in [0.3, 0.4) is 0 Å². The van der Waals surface area contributed by atoms with E-state index in [2.05, 4.69) is 4.99 Å². The van der Waals surface area contributed by atoms with Crippen molar-refractivity contribution in [1.82, 2.24) is 5.06 Å². The molecule has 0 fully saturated rings. The third-order valence-electron chi connectivity index (χ3n) is 5.05. The number of amidine groups is 2. The van der Waals surface area contributed by atoms with Crippen molar-refractivity contribution in [3.05, 3.63) is 65.4 Å². The smallest absolute Gasteiger partial charge is 0.282 e. The van der Waals surface area contributed by atoms with Gasteiger partial charge in [0.25, 0.3) is 5.91 Å². The Hall–Kier alpha value is -4.27. The number of benzene rings is 2. The van der Waals surface area contributed by atoms with Crippen LogP contribution in [0.1, 0.15) is 18.9 Å². The second kappa shape index (κ2) is 10.1. The molecule has 2 aliphatic rings. The molecule has 0 unspecified atom stereocenters. The Morgan fingerprint density at radius 1 is 1.00 bits per heavy atom. The number of fused-ring (bicyclic) bond motifs is 1. The first-order valence-electron chi connectivity index (χ1n) is 10.7. The number of nitrogens with one attached hydrogen (secondary N) is 1. The maximum absolute atomic E-state index is 12.4. The zero-order valence-corrected chi connectivity index (χ0v) is 19.2. The van der Waals surface area contributed by atoms with E-state index in [4.69, 9.17) is 29.2 Å². The van der Waals surface area contributed by atoms with Crippen molar-refractivity contribution in [3.8, 4) is 23.0 Å². The van der Waals surface area contributed by atoms with Gasteiger partial charge in [0.2, 0.25) is 0 Å². The molecule has 4 rings (SSSR count). The van der Waals surface area contributed by atoms with Crippen molar-refractivity contribution in [2.75, 3.05) is 27.4 Å². The van der Waals surface area contributed by atoms with Crippen molar-refractivity contribution in [2.24, 2.45) is 4.99 Å². The van der Waals surface area contributed by atoms with Crippen molar-refractivity contribution in [3.63, 3.8) is 0 Å². The monoisotopic (exact) mass is 463 g/mol. The quantitative estimate of drug-likeness (QED) is 0.443.